The number of allylic oxidation sites excluding steroid dienone is 4. The Morgan fingerprint density at radius 1 is 1.18 bits per heavy atom. The second kappa shape index (κ2) is 2.51. The Kier molecular flexibility index (Phi) is 1.63. The van der Waals surface area contributed by atoms with Crippen molar-refractivity contribution < 1.29 is 0 Å². The van der Waals surface area contributed by atoms with Crippen LogP contribution in [0.25, 0.3) is 0 Å². The predicted octanol–water partition coefficient (Wildman–Crippen LogP) is 3.31. The standard InChI is InChI=1S/C11H16/c1-8-7-10-5-3-4-6-11(10)9(8)2/h5-6,8-9H,3-4,7H2,1-2H3. The summed E-state index contributed by atoms with van der Waals surface area (Å²) in [6.07, 6.45) is 8.76. The molecule has 2 rings (SSSR count). The van der Waals surface area contributed by atoms with E-state index < -0.39 is 0 Å². The van der Waals surface area contributed by atoms with Gasteiger partial charge in [-0.25, -0.2) is 0 Å². The molecule has 0 nitrogen and oxygen atoms in total. The Morgan fingerprint density at radius 2 is 1.91 bits per heavy atom. The second-order valence-corrected chi connectivity index (χ2v) is 3.94. The van der Waals surface area contributed by atoms with Gasteiger partial charge in [-0.15, -0.1) is 0 Å². The normalized spacial score (nSPS) is 36.2. The van der Waals surface area contributed by atoms with E-state index in [1.165, 1.54) is 19.3 Å². The fourth-order valence-corrected chi connectivity index (χ4v) is 2.26. The lowest BCUT2D eigenvalue weighted by molar-refractivity contribution is 0.498. The van der Waals surface area contributed by atoms with Crippen LogP contribution in [0.5, 0.6) is 0 Å². The van der Waals surface area contributed by atoms with Gasteiger partial charge in [0.15, 0.2) is 0 Å². The molecule has 2 aliphatic rings. The summed E-state index contributed by atoms with van der Waals surface area (Å²) in [4.78, 5) is 0. The molecule has 60 valence electrons. The second-order valence-electron chi connectivity index (χ2n) is 3.94. The molecule has 0 aromatic rings. The molecule has 0 amide bonds. The fraction of sp³-hybridized carbons (Fsp3) is 0.636. The summed E-state index contributed by atoms with van der Waals surface area (Å²) in [5, 5.41) is 0. The highest BCUT2D eigenvalue weighted by molar-refractivity contribution is 5.40. The van der Waals surface area contributed by atoms with Crippen LogP contribution in [-0.2, 0) is 0 Å². The first-order valence-electron chi connectivity index (χ1n) is 4.68. The van der Waals surface area contributed by atoms with Crippen molar-refractivity contribution in [2.45, 2.75) is 33.1 Å². The highest BCUT2D eigenvalue weighted by Gasteiger charge is 2.28. The van der Waals surface area contributed by atoms with Crippen LogP contribution in [0.4, 0.5) is 0 Å². The van der Waals surface area contributed by atoms with Crippen molar-refractivity contribution in [3.8, 4) is 0 Å². The van der Waals surface area contributed by atoms with Gasteiger partial charge in [0, 0.05) is 0 Å². The van der Waals surface area contributed by atoms with Crippen LogP contribution in [0.1, 0.15) is 33.1 Å². The summed E-state index contributed by atoms with van der Waals surface area (Å²) >= 11 is 0. The molecule has 2 aliphatic carbocycles. The maximum absolute atomic E-state index is 2.45. The first-order valence-corrected chi connectivity index (χ1v) is 4.68. The Balaban J connectivity index is 2.31. The minimum absolute atomic E-state index is 0.821. The number of hydrogen-bond acceptors (Lipinski definition) is 0. The van der Waals surface area contributed by atoms with Gasteiger partial charge < -0.3 is 0 Å². The number of hydrogen-bond donors (Lipinski definition) is 0. The van der Waals surface area contributed by atoms with Gasteiger partial charge in [0.1, 0.15) is 0 Å². The molecule has 0 aromatic heterocycles. The number of rotatable bonds is 0. The molecule has 0 aromatic carbocycles. The molecule has 0 radical (unpaired) electrons. The first-order chi connectivity index (χ1) is 5.29. The third kappa shape index (κ3) is 1.05. The van der Waals surface area contributed by atoms with Gasteiger partial charge >= 0.3 is 0 Å². The molecular formula is C11H16. The van der Waals surface area contributed by atoms with Gasteiger partial charge in [-0.3, -0.25) is 0 Å². The van der Waals surface area contributed by atoms with E-state index in [-0.39, 0.29) is 0 Å². The third-order valence-corrected chi connectivity index (χ3v) is 3.18. The summed E-state index contributed by atoms with van der Waals surface area (Å²) in [5.41, 5.74) is 3.31. The van der Waals surface area contributed by atoms with Gasteiger partial charge in [-0.05, 0) is 42.2 Å². The van der Waals surface area contributed by atoms with E-state index in [1.807, 2.05) is 0 Å². The van der Waals surface area contributed by atoms with Crippen LogP contribution in [0.15, 0.2) is 23.3 Å². The highest BCUT2D eigenvalue weighted by Crippen LogP contribution is 2.42. The van der Waals surface area contributed by atoms with E-state index in [0.29, 0.717) is 0 Å². The molecule has 0 N–H and O–H groups in total. The molecule has 0 bridgehead atoms. The largest absolute Gasteiger partial charge is 0.0807 e. The average Bonchev–Trinajstić information content (AvgIpc) is 2.30. The van der Waals surface area contributed by atoms with Crippen LogP contribution in [0, 0.1) is 11.8 Å². The van der Waals surface area contributed by atoms with E-state index in [2.05, 4.69) is 26.0 Å². The SMILES string of the molecule is CC1CC2=CCCC=C2C1C. The zero-order valence-corrected chi connectivity index (χ0v) is 7.43. The molecule has 0 saturated heterocycles. The quantitative estimate of drug-likeness (QED) is 0.494. The lowest BCUT2D eigenvalue weighted by Gasteiger charge is -2.11. The fourth-order valence-electron chi connectivity index (χ4n) is 2.26. The summed E-state index contributed by atoms with van der Waals surface area (Å²) < 4.78 is 0. The van der Waals surface area contributed by atoms with Crippen molar-refractivity contribution in [2.75, 3.05) is 0 Å². The van der Waals surface area contributed by atoms with E-state index >= 15 is 0 Å². The molecule has 1 fully saturated rings. The van der Waals surface area contributed by atoms with Gasteiger partial charge in [0.2, 0.25) is 0 Å². The van der Waals surface area contributed by atoms with Crippen molar-refractivity contribution in [3.05, 3.63) is 23.3 Å². The first kappa shape index (κ1) is 7.15. The van der Waals surface area contributed by atoms with Crippen LogP contribution in [0.3, 0.4) is 0 Å². The van der Waals surface area contributed by atoms with Gasteiger partial charge in [-0.2, -0.15) is 0 Å². The van der Waals surface area contributed by atoms with E-state index in [0.717, 1.165) is 11.8 Å². The predicted molar refractivity (Wildman–Crippen MR) is 48.3 cm³/mol. The Hall–Kier alpha value is -0.520. The van der Waals surface area contributed by atoms with E-state index in [1.54, 1.807) is 11.1 Å². The topological polar surface area (TPSA) is 0 Å². The van der Waals surface area contributed by atoms with Crippen molar-refractivity contribution in [2.24, 2.45) is 11.8 Å². The van der Waals surface area contributed by atoms with Gasteiger partial charge in [0.05, 0.1) is 0 Å². The molecule has 0 heterocycles. The summed E-state index contributed by atoms with van der Waals surface area (Å²) in [7, 11) is 0. The summed E-state index contributed by atoms with van der Waals surface area (Å²) in [6, 6.07) is 0. The molecule has 0 heteroatoms. The summed E-state index contributed by atoms with van der Waals surface area (Å²) in [5.74, 6) is 1.70. The van der Waals surface area contributed by atoms with Crippen molar-refractivity contribution >= 4 is 0 Å². The molecule has 1 saturated carbocycles. The molecular weight excluding hydrogens is 132 g/mol. The molecule has 2 unspecified atom stereocenters. The van der Waals surface area contributed by atoms with E-state index in [4.69, 9.17) is 0 Å². The lowest BCUT2D eigenvalue weighted by Crippen LogP contribution is -2.00. The highest BCUT2D eigenvalue weighted by atomic mass is 14.3. The van der Waals surface area contributed by atoms with Gasteiger partial charge in [-0.1, -0.05) is 26.0 Å². The third-order valence-electron chi connectivity index (χ3n) is 3.18. The Morgan fingerprint density at radius 3 is 2.64 bits per heavy atom. The minimum atomic E-state index is 0.821. The van der Waals surface area contributed by atoms with E-state index in [9.17, 15) is 0 Å². The molecule has 2 atom stereocenters. The van der Waals surface area contributed by atoms with Crippen molar-refractivity contribution in [1.29, 1.82) is 0 Å². The summed E-state index contributed by atoms with van der Waals surface area (Å²) in [6.45, 7) is 4.73. The molecule has 11 heavy (non-hydrogen) atoms. The molecule has 0 aliphatic heterocycles. The maximum Gasteiger partial charge on any atom is -0.0162 e. The van der Waals surface area contributed by atoms with Crippen LogP contribution < -0.4 is 0 Å². The average molecular weight is 148 g/mol. The van der Waals surface area contributed by atoms with Crippen molar-refractivity contribution in [3.63, 3.8) is 0 Å². The smallest absolute Gasteiger partial charge is 0.0162 e. The monoisotopic (exact) mass is 148 g/mol. The Labute approximate surface area is 69.0 Å². The lowest BCUT2D eigenvalue weighted by atomic mass is 9.94. The van der Waals surface area contributed by atoms with Gasteiger partial charge in [0.25, 0.3) is 0 Å². The minimum Gasteiger partial charge on any atom is -0.0807 e. The maximum atomic E-state index is 2.45. The van der Waals surface area contributed by atoms with Crippen LogP contribution in [0.2, 0.25) is 0 Å². The Bertz CT molecular complexity index is 220. The number of fused-ring (bicyclic) bond motifs is 1. The zero-order chi connectivity index (χ0) is 7.84. The zero-order valence-electron chi connectivity index (χ0n) is 7.43. The van der Waals surface area contributed by atoms with Crippen molar-refractivity contribution in [1.82, 2.24) is 0 Å². The van der Waals surface area contributed by atoms with Crippen LogP contribution >= 0.6 is 0 Å². The molecule has 0 spiro atoms. The van der Waals surface area contributed by atoms with Crippen LogP contribution in [-0.4, -0.2) is 0 Å².